The molecule has 41 heavy (non-hydrogen) atoms. The zero-order valence-corrected chi connectivity index (χ0v) is 22.7. The molecule has 14 heteroatoms. The summed E-state index contributed by atoms with van der Waals surface area (Å²) in [4.78, 5) is 23.6. The molecular formula is C27H28ClF3N8O2. The number of halogens is 4. The fourth-order valence-corrected chi connectivity index (χ4v) is 5.03. The van der Waals surface area contributed by atoms with Crippen LogP contribution in [0.1, 0.15) is 18.9 Å². The molecule has 2 fully saturated rings. The van der Waals surface area contributed by atoms with Crippen molar-refractivity contribution in [2.75, 3.05) is 37.7 Å². The van der Waals surface area contributed by atoms with Crippen LogP contribution in [0.2, 0.25) is 0 Å². The summed E-state index contributed by atoms with van der Waals surface area (Å²) in [6.07, 6.45) is 9.09. The van der Waals surface area contributed by atoms with Gasteiger partial charge in [-0.25, -0.2) is 27.8 Å². The van der Waals surface area contributed by atoms with E-state index in [1.807, 2.05) is 22.0 Å². The topological polar surface area (TPSA) is 103 Å². The number of nitrogens with zero attached hydrogens (tertiary/aromatic N) is 7. The Bertz CT molecular complexity index is 1540. The van der Waals surface area contributed by atoms with Crippen LogP contribution in [0.3, 0.4) is 0 Å². The summed E-state index contributed by atoms with van der Waals surface area (Å²) in [6, 6.07) is 4.66. The zero-order chi connectivity index (χ0) is 27.6. The van der Waals surface area contributed by atoms with Gasteiger partial charge in [-0.15, -0.1) is 12.4 Å². The molecule has 0 radical (unpaired) electrons. The lowest BCUT2D eigenvalue weighted by Gasteiger charge is -2.33. The molecule has 216 valence electrons. The van der Waals surface area contributed by atoms with Crippen molar-refractivity contribution in [2.24, 2.45) is 0 Å². The SMILES string of the molecule is Cl.O=c1ccc(-c2cc(F)c(F)c(F)c2)nn1C[C@@H]1CN(c2ncc(-c3cnn(C4CCNCC4)c3)cn2)CCO1. The van der Waals surface area contributed by atoms with Crippen molar-refractivity contribution < 1.29 is 17.9 Å². The van der Waals surface area contributed by atoms with E-state index in [0.717, 1.165) is 49.2 Å². The van der Waals surface area contributed by atoms with Gasteiger partial charge in [-0.1, -0.05) is 0 Å². The Morgan fingerprint density at radius 2 is 1.71 bits per heavy atom. The molecule has 6 rings (SSSR count). The number of benzene rings is 1. The highest BCUT2D eigenvalue weighted by molar-refractivity contribution is 5.85. The van der Waals surface area contributed by atoms with Gasteiger partial charge in [0.15, 0.2) is 17.5 Å². The van der Waals surface area contributed by atoms with Crippen molar-refractivity contribution >= 4 is 18.4 Å². The fraction of sp³-hybridized carbons (Fsp3) is 0.370. The van der Waals surface area contributed by atoms with Gasteiger partial charge in [0, 0.05) is 54.4 Å². The van der Waals surface area contributed by atoms with Crippen LogP contribution < -0.4 is 15.8 Å². The number of aromatic nitrogens is 6. The van der Waals surface area contributed by atoms with Gasteiger partial charge in [-0.05, 0) is 44.1 Å². The molecule has 0 amide bonds. The molecule has 2 aliphatic heterocycles. The van der Waals surface area contributed by atoms with Crippen LogP contribution in [0, 0.1) is 17.5 Å². The van der Waals surface area contributed by atoms with Crippen LogP contribution in [0.5, 0.6) is 0 Å². The average molecular weight is 589 g/mol. The lowest BCUT2D eigenvalue weighted by molar-refractivity contribution is 0.0260. The van der Waals surface area contributed by atoms with E-state index in [1.165, 1.54) is 16.8 Å². The Labute approximate surface area is 239 Å². The Morgan fingerprint density at radius 1 is 0.976 bits per heavy atom. The van der Waals surface area contributed by atoms with Crippen LogP contribution in [-0.4, -0.2) is 68.4 Å². The summed E-state index contributed by atoms with van der Waals surface area (Å²) in [5.41, 5.74) is 1.57. The quantitative estimate of drug-likeness (QED) is 0.343. The van der Waals surface area contributed by atoms with Crippen molar-refractivity contribution in [3.8, 4) is 22.4 Å². The highest BCUT2D eigenvalue weighted by atomic mass is 35.5. The second-order valence-corrected chi connectivity index (χ2v) is 9.89. The molecule has 0 saturated carbocycles. The van der Waals surface area contributed by atoms with Crippen molar-refractivity contribution in [1.29, 1.82) is 0 Å². The van der Waals surface area contributed by atoms with E-state index in [0.29, 0.717) is 31.7 Å². The molecule has 1 N–H and O–H groups in total. The third-order valence-corrected chi connectivity index (χ3v) is 7.20. The summed E-state index contributed by atoms with van der Waals surface area (Å²) in [5, 5.41) is 12.1. The summed E-state index contributed by atoms with van der Waals surface area (Å²) < 4.78 is 49.9. The van der Waals surface area contributed by atoms with Crippen LogP contribution in [0.4, 0.5) is 19.1 Å². The fourth-order valence-electron chi connectivity index (χ4n) is 5.03. The molecule has 0 aliphatic carbocycles. The molecule has 2 saturated heterocycles. The smallest absolute Gasteiger partial charge is 0.266 e. The van der Waals surface area contributed by atoms with E-state index < -0.39 is 29.1 Å². The van der Waals surface area contributed by atoms with Crippen LogP contribution in [0.15, 0.2) is 53.8 Å². The minimum atomic E-state index is -1.56. The van der Waals surface area contributed by atoms with Gasteiger partial charge >= 0.3 is 0 Å². The predicted octanol–water partition coefficient (Wildman–Crippen LogP) is 3.23. The van der Waals surface area contributed by atoms with Crippen LogP contribution >= 0.6 is 12.4 Å². The Morgan fingerprint density at radius 3 is 2.44 bits per heavy atom. The Balaban J connectivity index is 0.00000337. The molecule has 1 atom stereocenters. The molecule has 10 nitrogen and oxygen atoms in total. The minimum Gasteiger partial charge on any atom is -0.373 e. The number of hydrogen-bond donors (Lipinski definition) is 1. The predicted molar refractivity (Wildman–Crippen MR) is 147 cm³/mol. The molecule has 2 aliphatic rings. The normalized spacial score (nSPS) is 17.8. The number of piperidine rings is 1. The molecule has 4 aromatic rings. The van der Waals surface area contributed by atoms with E-state index >= 15 is 0 Å². The van der Waals surface area contributed by atoms with Gasteiger partial charge in [0.1, 0.15) is 0 Å². The molecule has 1 aromatic carbocycles. The number of hydrogen-bond acceptors (Lipinski definition) is 8. The standard InChI is InChI=1S/C27H27F3N8O2.ClH/c28-22-9-17(10-23(29)26(22)30)24-1-2-25(39)38(35-24)16-21-15-36(7-8-40-21)27-32-11-18(12-33-27)19-13-34-37(14-19)20-3-5-31-6-4-20;/h1-2,9-14,20-21,31H,3-8,15-16H2;1H/t21-;/m0./s1. The number of morpholine rings is 1. The summed E-state index contributed by atoms with van der Waals surface area (Å²) >= 11 is 0. The number of ether oxygens (including phenoxy) is 1. The summed E-state index contributed by atoms with van der Waals surface area (Å²) in [6.45, 7) is 3.45. The van der Waals surface area contributed by atoms with Crippen LogP contribution in [0.25, 0.3) is 22.4 Å². The first kappa shape index (κ1) is 28.7. The van der Waals surface area contributed by atoms with E-state index in [1.54, 1.807) is 12.4 Å². The first-order valence-electron chi connectivity index (χ1n) is 13.1. The van der Waals surface area contributed by atoms with Gasteiger partial charge in [0.05, 0.1) is 37.2 Å². The maximum atomic E-state index is 13.7. The van der Waals surface area contributed by atoms with Gasteiger partial charge < -0.3 is 15.0 Å². The Hall–Kier alpha value is -3.81. The van der Waals surface area contributed by atoms with Gasteiger partial charge in [-0.3, -0.25) is 9.48 Å². The highest BCUT2D eigenvalue weighted by Gasteiger charge is 2.24. The first-order chi connectivity index (χ1) is 19.4. The van der Waals surface area contributed by atoms with E-state index in [-0.39, 0.29) is 30.2 Å². The molecule has 0 bridgehead atoms. The third-order valence-electron chi connectivity index (χ3n) is 7.20. The summed E-state index contributed by atoms with van der Waals surface area (Å²) in [5.74, 6) is -3.69. The van der Waals surface area contributed by atoms with Crippen molar-refractivity contribution in [3.05, 3.63) is 76.9 Å². The molecule has 3 aromatic heterocycles. The Kier molecular flexibility index (Phi) is 8.66. The largest absolute Gasteiger partial charge is 0.373 e. The minimum absolute atomic E-state index is 0. The maximum Gasteiger partial charge on any atom is 0.266 e. The summed E-state index contributed by atoms with van der Waals surface area (Å²) in [7, 11) is 0. The van der Waals surface area contributed by atoms with Crippen molar-refractivity contribution in [1.82, 2.24) is 34.8 Å². The lowest BCUT2D eigenvalue weighted by Crippen LogP contribution is -2.46. The van der Waals surface area contributed by atoms with E-state index in [9.17, 15) is 18.0 Å². The molecular weight excluding hydrogens is 561 g/mol. The monoisotopic (exact) mass is 588 g/mol. The third kappa shape index (κ3) is 6.26. The molecule has 0 unspecified atom stereocenters. The van der Waals surface area contributed by atoms with Gasteiger partial charge in [0.25, 0.3) is 5.56 Å². The number of rotatable bonds is 6. The van der Waals surface area contributed by atoms with E-state index in [2.05, 4.69) is 25.5 Å². The maximum absolute atomic E-state index is 13.7. The zero-order valence-electron chi connectivity index (χ0n) is 21.9. The van der Waals surface area contributed by atoms with Crippen LogP contribution in [-0.2, 0) is 11.3 Å². The van der Waals surface area contributed by atoms with Crippen molar-refractivity contribution in [2.45, 2.75) is 31.5 Å². The number of nitrogens with one attached hydrogen (secondary N) is 1. The van der Waals surface area contributed by atoms with E-state index in [4.69, 9.17) is 4.74 Å². The lowest BCUT2D eigenvalue weighted by atomic mass is 10.1. The second kappa shape index (κ2) is 12.4. The second-order valence-electron chi connectivity index (χ2n) is 9.89. The van der Waals surface area contributed by atoms with Gasteiger partial charge in [-0.2, -0.15) is 10.2 Å². The average Bonchev–Trinajstić information content (AvgIpc) is 3.48. The van der Waals surface area contributed by atoms with Crippen molar-refractivity contribution in [3.63, 3.8) is 0 Å². The highest BCUT2D eigenvalue weighted by Crippen LogP contribution is 2.24. The van der Waals surface area contributed by atoms with Gasteiger partial charge in [0.2, 0.25) is 5.95 Å². The molecule has 0 spiro atoms. The first-order valence-corrected chi connectivity index (χ1v) is 13.1. The number of anilines is 1. The molecule has 5 heterocycles.